The van der Waals surface area contributed by atoms with Crippen molar-refractivity contribution < 1.29 is 22.8 Å². The van der Waals surface area contributed by atoms with Crippen molar-refractivity contribution in [1.82, 2.24) is 10.5 Å². The number of rotatable bonds is 6. The minimum atomic E-state index is -3.04. The van der Waals surface area contributed by atoms with Crippen molar-refractivity contribution in [1.29, 1.82) is 0 Å². The van der Waals surface area contributed by atoms with E-state index in [0.717, 1.165) is 6.26 Å². The van der Waals surface area contributed by atoms with Crippen LogP contribution in [-0.4, -0.2) is 42.7 Å². The largest absolute Gasteiger partial charge is 0.476 e. The Morgan fingerprint density at radius 1 is 1.65 bits per heavy atom. The van der Waals surface area contributed by atoms with Crippen molar-refractivity contribution in [3.63, 3.8) is 0 Å². The van der Waals surface area contributed by atoms with Crippen LogP contribution in [0.3, 0.4) is 0 Å². The van der Waals surface area contributed by atoms with Crippen LogP contribution in [0.4, 0.5) is 0 Å². The van der Waals surface area contributed by atoms with Crippen molar-refractivity contribution in [3.8, 4) is 0 Å². The summed E-state index contributed by atoms with van der Waals surface area (Å²) in [5.41, 5.74) is -0.169. The highest BCUT2D eigenvalue weighted by Gasteiger charge is 2.13. The zero-order valence-corrected chi connectivity index (χ0v) is 10.3. The molecule has 7 nitrogen and oxygen atoms in total. The number of carboxylic acids is 1. The molecule has 0 saturated carbocycles. The third-order valence-corrected chi connectivity index (χ3v) is 3.06. The number of hydrogen-bond donors (Lipinski definition) is 2. The third-order valence-electron chi connectivity index (χ3n) is 1.96. The number of nitrogens with one attached hydrogen (secondary N) is 1. The summed E-state index contributed by atoms with van der Waals surface area (Å²) < 4.78 is 26.7. The molecular formula is C9H14N2O5S. The van der Waals surface area contributed by atoms with E-state index in [4.69, 9.17) is 9.63 Å². The Kier molecular flexibility index (Phi) is 4.24. The van der Waals surface area contributed by atoms with E-state index in [1.54, 1.807) is 6.92 Å². The highest BCUT2D eigenvalue weighted by atomic mass is 32.2. The number of hydrogen-bond acceptors (Lipinski definition) is 6. The Morgan fingerprint density at radius 3 is 2.76 bits per heavy atom. The van der Waals surface area contributed by atoms with Gasteiger partial charge in [-0.15, -0.1) is 0 Å². The highest BCUT2D eigenvalue weighted by Crippen LogP contribution is 2.03. The van der Waals surface area contributed by atoms with E-state index in [1.165, 1.54) is 6.07 Å². The zero-order chi connectivity index (χ0) is 13.1. The van der Waals surface area contributed by atoms with E-state index in [0.29, 0.717) is 5.76 Å². The fourth-order valence-corrected chi connectivity index (χ4v) is 2.31. The number of carbonyl (C=O) groups is 1. The first-order valence-electron chi connectivity index (χ1n) is 4.88. The molecule has 1 aromatic rings. The maximum atomic E-state index is 11.0. The standard InChI is InChI=1S/C9H14N2O5S/c1-6(5-17(2,14)15)10-4-7-3-8(9(12)13)11-16-7/h3,6,10H,4-5H2,1-2H3,(H,12,13). The van der Waals surface area contributed by atoms with Crippen molar-refractivity contribution in [2.75, 3.05) is 12.0 Å². The maximum absolute atomic E-state index is 11.0. The molecule has 0 amide bonds. The third kappa shape index (κ3) is 4.96. The lowest BCUT2D eigenvalue weighted by atomic mass is 10.3. The van der Waals surface area contributed by atoms with Gasteiger partial charge in [0.2, 0.25) is 0 Å². The first-order valence-corrected chi connectivity index (χ1v) is 6.94. The molecule has 0 bridgehead atoms. The van der Waals surface area contributed by atoms with Crippen LogP contribution in [0.1, 0.15) is 23.2 Å². The minimum absolute atomic E-state index is 0.00687. The molecule has 96 valence electrons. The van der Waals surface area contributed by atoms with E-state index in [1.807, 2.05) is 0 Å². The Balaban J connectivity index is 2.47. The van der Waals surface area contributed by atoms with E-state index >= 15 is 0 Å². The summed E-state index contributed by atoms with van der Waals surface area (Å²) in [4.78, 5) is 10.5. The quantitative estimate of drug-likeness (QED) is 0.736. The lowest BCUT2D eigenvalue weighted by Gasteiger charge is -2.10. The second kappa shape index (κ2) is 5.28. The van der Waals surface area contributed by atoms with Gasteiger partial charge < -0.3 is 14.9 Å². The van der Waals surface area contributed by atoms with Crippen LogP contribution in [0.25, 0.3) is 0 Å². The first kappa shape index (κ1) is 13.7. The van der Waals surface area contributed by atoms with Gasteiger partial charge in [-0.2, -0.15) is 0 Å². The number of sulfone groups is 1. The van der Waals surface area contributed by atoms with Gasteiger partial charge in [-0.25, -0.2) is 13.2 Å². The van der Waals surface area contributed by atoms with E-state index < -0.39 is 15.8 Å². The Morgan fingerprint density at radius 2 is 2.29 bits per heavy atom. The zero-order valence-electron chi connectivity index (χ0n) is 9.50. The molecule has 0 aliphatic heterocycles. The van der Waals surface area contributed by atoms with Crippen LogP contribution in [0.2, 0.25) is 0 Å². The maximum Gasteiger partial charge on any atom is 0.358 e. The normalized spacial score (nSPS) is 13.5. The van der Waals surface area contributed by atoms with Gasteiger partial charge in [0.05, 0.1) is 12.3 Å². The second-order valence-electron chi connectivity index (χ2n) is 3.86. The predicted molar refractivity (Wildman–Crippen MR) is 59.5 cm³/mol. The number of aromatic carboxylic acids is 1. The van der Waals surface area contributed by atoms with Crippen molar-refractivity contribution in [2.45, 2.75) is 19.5 Å². The van der Waals surface area contributed by atoms with Crippen molar-refractivity contribution in [3.05, 3.63) is 17.5 Å². The van der Waals surface area contributed by atoms with Gasteiger partial charge in [0, 0.05) is 18.4 Å². The van der Waals surface area contributed by atoms with Gasteiger partial charge in [-0.1, -0.05) is 5.16 Å². The SMILES string of the molecule is CC(CS(C)(=O)=O)NCc1cc(C(=O)O)no1. The molecule has 1 rings (SSSR count). The monoisotopic (exact) mass is 262 g/mol. The molecule has 1 heterocycles. The first-order chi connectivity index (χ1) is 7.78. The van der Waals surface area contributed by atoms with Gasteiger partial charge in [0.25, 0.3) is 0 Å². The Labute approximate surface area is 98.7 Å². The number of aromatic nitrogens is 1. The number of carboxylic acid groups (broad SMARTS) is 1. The smallest absolute Gasteiger partial charge is 0.358 e. The van der Waals surface area contributed by atoms with Gasteiger partial charge in [-0.3, -0.25) is 0 Å². The minimum Gasteiger partial charge on any atom is -0.476 e. The molecule has 0 spiro atoms. The number of nitrogens with zero attached hydrogens (tertiary/aromatic N) is 1. The summed E-state index contributed by atoms with van der Waals surface area (Å²) in [6, 6.07) is 1.05. The van der Waals surface area contributed by atoms with Crippen LogP contribution in [-0.2, 0) is 16.4 Å². The summed E-state index contributed by atoms with van der Waals surface area (Å²) >= 11 is 0. The lowest BCUT2D eigenvalue weighted by molar-refractivity contribution is 0.0685. The molecule has 2 N–H and O–H groups in total. The van der Waals surface area contributed by atoms with E-state index in [9.17, 15) is 13.2 Å². The summed E-state index contributed by atoms with van der Waals surface area (Å²) in [6.45, 7) is 1.95. The molecule has 1 atom stereocenters. The molecule has 0 saturated heterocycles. The van der Waals surface area contributed by atoms with Crippen LogP contribution < -0.4 is 5.32 Å². The van der Waals surface area contributed by atoms with Crippen LogP contribution >= 0.6 is 0 Å². The van der Waals surface area contributed by atoms with Gasteiger partial charge >= 0.3 is 5.97 Å². The average molecular weight is 262 g/mol. The summed E-state index contributed by atoms with van der Waals surface area (Å²) in [5.74, 6) is -0.806. The van der Waals surface area contributed by atoms with E-state index in [-0.39, 0.29) is 24.0 Å². The molecule has 17 heavy (non-hydrogen) atoms. The summed E-state index contributed by atoms with van der Waals surface area (Å²) in [6.07, 6.45) is 1.15. The fourth-order valence-electron chi connectivity index (χ4n) is 1.28. The fraction of sp³-hybridized carbons (Fsp3) is 0.556. The van der Waals surface area contributed by atoms with Crippen LogP contribution in [0.5, 0.6) is 0 Å². The van der Waals surface area contributed by atoms with Crippen molar-refractivity contribution >= 4 is 15.8 Å². The molecule has 1 aromatic heterocycles. The molecule has 0 aromatic carbocycles. The van der Waals surface area contributed by atoms with Crippen LogP contribution in [0.15, 0.2) is 10.6 Å². The molecule has 1 unspecified atom stereocenters. The van der Waals surface area contributed by atoms with E-state index in [2.05, 4.69) is 10.5 Å². The molecule has 0 radical (unpaired) electrons. The highest BCUT2D eigenvalue weighted by molar-refractivity contribution is 7.90. The molecule has 0 aliphatic rings. The molecule has 0 fully saturated rings. The molecular weight excluding hydrogens is 248 g/mol. The van der Waals surface area contributed by atoms with Gasteiger partial charge in [0.15, 0.2) is 11.5 Å². The predicted octanol–water partition coefficient (Wildman–Crippen LogP) is -0.104. The lowest BCUT2D eigenvalue weighted by Crippen LogP contribution is -2.32. The topological polar surface area (TPSA) is 110 Å². The summed E-state index contributed by atoms with van der Waals surface area (Å²) in [7, 11) is -3.04. The second-order valence-corrected chi connectivity index (χ2v) is 6.04. The Bertz CT molecular complexity index is 493. The molecule has 8 heteroatoms. The average Bonchev–Trinajstić information content (AvgIpc) is 2.60. The van der Waals surface area contributed by atoms with Crippen molar-refractivity contribution in [2.24, 2.45) is 0 Å². The van der Waals surface area contributed by atoms with Gasteiger partial charge in [-0.05, 0) is 6.92 Å². The van der Waals surface area contributed by atoms with Gasteiger partial charge in [0.1, 0.15) is 9.84 Å². The Hall–Kier alpha value is -1.41. The van der Waals surface area contributed by atoms with Crippen LogP contribution in [0, 0.1) is 0 Å². The molecule has 0 aliphatic carbocycles. The summed E-state index contributed by atoms with van der Waals surface area (Å²) in [5, 5.41) is 14.8.